The van der Waals surface area contributed by atoms with E-state index in [0.717, 1.165) is 13.0 Å². The van der Waals surface area contributed by atoms with Gasteiger partial charge >= 0.3 is 0 Å². The molecule has 4 nitrogen and oxygen atoms in total. The monoisotopic (exact) mass is 281 g/mol. The van der Waals surface area contributed by atoms with Gasteiger partial charge in [0, 0.05) is 17.8 Å². The van der Waals surface area contributed by atoms with Crippen LogP contribution in [0.5, 0.6) is 0 Å². The van der Waals surface area contributed by atoms with Gasteiger partial charge in [0.2, 0.25) is 5.91 Å². The van der Waals surface area contributed by atoms with E-state index in [9.17, 15) is 9.18 Å². The van der Waals surface area contributed by atoms with Crippen LogP contribution in [0.25, 0.3) is 0 Å². The normalized spacial score (nSPS) is 14.1. The summed E-state index contributed by atoms with van der Waals surface area (Å²) in [6.07, 6.45) is 0.876. The second kappa shape index (κ2) is 7.36. The van der Waals surface area contributed by atoms with Crippen molar-refractivity contribution in [3.05, 3.63) is 30.1 Å². The Labute approximate surface area is 120 Å². The number of anilines is 1. The van der Waals surface area contributed by atoms with Crippen molar-refractivity contribution in [3.8, 4) is 0 Å². The van der Waals surface area contributed by atoms with Crippen molar-refractivity contribution in [2.45, 2.75) is 32.7 Å². The number of amides is 1. The molecule has 1 atom stereocenters. The lowest BCUT2D eigenvalue weighted by atomic mass is 9.96. The largest absolute Gasteiger partial charge is 0.329 e. The van der Waals surface area contributed by atoms with E-state index < -0.39 is 0 Å². The van der Waals surface area contributed by atoms with Crippen LogP contribution in [0, 0.1) is 5.82 Å². The molecule has 20 heavy (non-hydrogen) atoms. The van der Waals surface area contributed by atoms with E-state index >= 15 is 0 Å². The van der Waals surface area contributed by atoms with E-state index in [2.05, 4.69) is 24.1 Å². The molecule has 0 aromatic heterocycles. The van der Waals surface area contributed by atoms with Gasteiger partial charge in [-0.3, -0.25) is 9.69 Å². The maximum absolute atomic E-state index is 12.8. The highest BCUT2D eigenvalue weighted by Gasteiger charge is 2.28. The Balaban J connectivity index is 2.66. The first-order valence-electron chi connectivity index (χ1n) is 6.95. The third kappa shape index (κ3) is 4.28. The zero-order valence-corrected chi connectivity index (χ0v) is 12.4. The minimum Gasteiger partial charge on any atom is -0.329 e. The molecule has 5 heteroatoms. The molecule has 0 bridgehead atoms. The van der Waals surface area contributed by atoms with Gasteiger partial charge in [0.15, 0.2) is 0 Å². The second-order valence-corrected chi connectivity index (χ2v) is 5.12. The zero-order valence-electron chi connectivity index (χ0n) is 12.4. The summed E-state index contributed by atoms with van der Waals surface area (Å²) in [6.45, 7) is 7.65. The molecule has 0 aliphatic rings. The van der Waals surface area contributed by atoms with E-state index in [-0.39, 0.29) is 23.8 Å². The molecule has 0 heterocycles. The molecule has 0 spiro atoms. The molecule has 1 aromatic carbocycles. The van der Waals surface area contributed by atoms with Gasteiger partial charge in [-0.2, -0.15) is 0 Å². The molecular weight excluding hydrogens is 257 g/mol. The fourth-order valence-electron chi connectivity index (χ4n) is 2.09. The molecule has 0 aliphatic carbocycles. The lowest BCUT2D eigenvalue weighted by Gasteiger charge is -2.39. The fourth-order valence-corrected chi connectivity index (χ4v) is 2.09. The highest BCUT2D eigenvalue weighted by atomic mass is 19.1. The molecule has 0 saturated heterocycles. The number of hydrogen-bond donors (Lipinski definition) is 2. The van der Waals surface area contributed by atoms with E-state index in [0.29, 0.717) is 12.2 Å². The number of hydrogen-bond acceptors (Lipinski definition) is 3. The molecule has 0 fully saturated rings. The number of likely N-dealkylation sites (N-methyl/N-ethyl adjacent to an activating group) is 1. The van der Waals surface area contributed by atoms with Crippen LogP contribution in [0.2, 0.25) is 0 Å². The maximum atomic E-state index is 12.8. The highest BCUT2D eigenvalue weighted by molar-refractivity contribution is 5.92. The minimum atomic E-state index is -0.320. The Morgan fingerprint density at radius 3 is 2.40 bits per heavy atom. The predicted molar refractivity (Wildman–Crippen MR) is 80.0 cm³/mol. The molecule has 1 rings (SSSR count). The number of halogens is 1. The summed E-state index contributed by atoms with van der Waals surface area (Å²) in [5.74, 6) is -0.438. The second-order valence-electron chi connectivity index (χ2n) is 5.12. The smallest absolute Gasteiger partial charge is 0.238 e. The van der Waals surface area contributed by atoms with Crippen LogP contribution >= 0.6 is 0 Å². The predicted octanol–water partition coefficient (Wildman–Crippen LogP) is 2.21. The van der Waals surface area contributed by atoms with Gasteiger partial charge in [-0.25, -0.2) is 4.39 Å². The van der Waals surface area contributed by atoms with Gasteiger partial charge in [0.1, 0.15) is 5.82 Å². The molecule has 1 unspecified atom stereocenters. The average Bonchev–Trinajstić information content (AvgIpc) is 2.46. The first kappa shape index (κ1) is 16.6. The highest BCUT2D eigenvalue weighted by Crippen LogP contribution is 2.17. The van der Waals surface area contributed by atoms with E-state index in [1.165, 1.54) is 12.1 Å². The molecule has 0 radical (unpaired) electrons. The van der Waals surface area contributed by atoms with Crippen LogP contribution in [0.1, 0.15) is 27.2 Å². The number of carbonyl (C=O) groups excluding carboxylic acids is 1. The van der Waals surface area contributed by atoms with Crippen molar-refractivity contribution in [2.24, 2.45) is 5.73 Å². The van der Waals surface area contributed by atoms with Gasteiger partial charge < -0.3 is 11.1 Å². The number of benzene rings is 1. The minimum absolute atomic E-state index is 0.119. The molecule has 112 valence electrons. The Kier molecular flexibility index (Phi) is 6.10. The Morgan fingerprint density at radius 1 is 1.35 bits per heavy atom. The summed E-state index contributed by atoms with van der Waals surface area (Å²) in [4.78, 5) is 14.1. The quantitative estimate of drug-likeness (QED) is 0.805. The standard InChI is InChI=1S/C15H24FN3O/c1-4-15(3,11-17)19(5-2)10-14(20)18-13-8-6-12(16)7-9-13/h6-9H,4-5,10-11,17H2,1-3H3,(H,18,20). The topological polar surface area (TPSA) is 58.4 Å². The summed E-state index contributed by atoms with van der Waals surface area (Å²) in [5.41, 5.74) is 6.23. The first-order valence-corrected chi connectivity index (χ1v) is 6.95. The Hall–Kier alpha value is -1.46. The zero-order chi connectivity index (χ0) is 15.2. The van der Waals surface area contributed by atoms with Crippen LogP contribution in [0.3, 0.4) is 0 Å². The summed E-state index contributed by atoms with van der Waals surface area (Å²) in [6, 6.07) is 5.74. The number of nitrogens with one attached hydrogen (secondary N) is 1. The molecule has 0 saturated carbocycles. The fraction of sp³-hybridized carbons (Fsp3) is 0.533. The van der Waals surface area contributed by atoms with Crippen LogP contribution in [0.4, 0.5) is 10.1 Å². The average molecular weight is 281 g/mol. The van der Waals surface area contributed by atoms with Crippen LogP contribution in [-0.2, 0) is 4.79 Å². The molecule has 1 aromatic rings. The van der Waals surface area contributed by atoms with E-state index in [4.69, 9.17) is 5.73 Å². The van der Waals surface area contributed by atoms with Gasteiger partial charge in [-0.05, 0) is 44.2 Å². The van der Waals surface area contributed by atoms with Crippen molar-refractivity contribution in [2.75, 3.05) is 25.0 Å². The van der Waals surface area contributed by atoms with Crippen LogP contribution < -0.4 is 11.1 Å². The third-order valence-electron chi connectivity index (χ3n) is 3.81. The SMILES string of the molecule is CCN(CC(=O)Nc1ccc(F)cc1)C(C)(CC)CN. The molecule has 3 N–H and O–H groups in total. The van der Waals surface area contributed by atoms with Crippen molar-refractivity contribution < 1.29 is 9.18 Å². The van der Waals surface area contributed by atoms with Crippen molar-refractivity contribution in [3.63, 3.8) is 0 Å². The third-order valence-corrected chi connectivity index (χ3v) is 3.81. The summed E-state index contributed by atoms with van der Waals surface area (Å²) in [5, 5.41) is 2.77. The van der Waals surface area contributed by atoms with Crippen LogP contribution in [-0.4, -0.2) is 36.0 Å². The van der Waals surface area contributed by atoms with Gasteiger partial charge in [-0.15, -0.1) is 0 Å². The Morgan fingerprint density at radius 2 is 1.95 bits per heavy atom. The van der Waals surface area contributed by atoms with Crippen molar-refractivity contribution >= 4 is 11.6 Å². The lowest BCUT2D eigenvalue weighted by Crippen LogP contribution is -2.53. The van der Waals surface area contributed by atoms with E-state index in [1.807, 2.05) is 6.92 Å². The van der Waals surface area contributed by atoms with Crippen molar-refractivity contribution in [1.29, 1.82) is 0 Å². The summed E-state index contributed by atoms with van der Waals surface area (Å²) >= 11 is 0. The number of carbonyl (C=O) groups is 1. The summed E-state index contributed by atoms with van der Waals surface area (Å²) in [7, 11) is 0. The van der Waals surface area contributed by atoms with Crippen LogP contribution in [0.15, 0.2) is 24.3 Å². The van der Waals surface area contributed by atoms with Crippen molar-refractivity contribution in [1.82, 2.24) is 4.90 Å². The molecule has 1 amide bonds. The number of nitrogens with zero attached hydrogens (tertiary/aromatic N) is 1. The summed E-state index contributed by atoms with van der Waals surface area (Å²) < 4.78 is 12.8. The maximum Gasteiger partial charge on any atom is 0.238 e. The Bertz CT molecular complexity index is 429. The van der Waals surface area contributed by atoms with Gasteiger partial charge in [-0.1, -0.05) is 13.8 Å². The molecular formula is C15H24FN3O. The van der Waals surface area contributed by atoms with Gasteiger partial charge in [0.05, 0.1) is 6.54 Å². The van der Waals surface area contributed by atoms with Gasteiger partial charge in [0.25, 0.3) is 0 Å². The first-order chi connectivity index (χ1) is 9.45. The molecule has 0 aliphatic heterocycles. The lowest BCUT2D eigenvalue weighted by molar-refractivity contribution is -0.118. The number of nitrogens with two attached hydrogens (primary N) is 1. The number of rotatable bonds is 7. The van der Waals surface area contributed by atoms with E-state index in [1.54, 1.807) is 12.1 Å².